The molecule has 9 atom stereocenters. The van der Waals surface area contributed by atoms with Crippen molar-refractivity contribution < 1.29 is 24.2 Å². The summed E-state index contributed by atoms with van der Waals surface area (Å²) < 4.78 is 5.63. The van der Waals surface area contributed by atoms with Gasteiger partial charge in [0.2, 0.25) is 0 Å². The molecule has 5 heteroatoms. The van der Waals surface area contributed by atoms with Gasteiger partial charge in [0.15, 0.2) is 5.78 Å². The summed E-state index contributed by atoms with van der Waals surface area (Å²) >= 11 is 0. The van der Waals surface area contributed by atoms with Gasteiger partial charge in [-0.15, -0.1) is 0 Å². The van der Waals surface area contributed by atoms with E-state index < -0.39 is 28.9 Å². The summed E-state index contributed by atoms with van der Waals surface area (Å²) in [5, 5.41) is 10.5. The van der Waals surface area contributed by atoms with Crippen LogP contribution in [-0.2, 0) is 19.1 Å². The highest BCUT2D eigenvalue weighted by molar-refractivity contribution is 5.96. The largest absolute Gasteiger partial charge is 0.481 e. The highest BCUT2D eigenvalue weighted by Gasteiger charge is 2.72. The third-order valence-corrected chi connectivity index (χ3v) is 13.2. The van der Waals surface area contributed by atoms with E-state index in [-0.39, 0.29) is 39.3 Å². The number of fused-ring (bicyclic) bond motifs is 7. The first-order valence-electron chi connectivity index (χ1n) is 14.6. The second-order valence-corrected chi connectivity index (χ2v) is 15.6. The minimum atomic E-state index is -1.20. The molecule has 0 aromatic carbocycles. The quantitative estimate of drug-likeness (QED) is 0.404. The highest BCUT2D eigenvalue weighted by atomic mass is 16.5. The zero-order valence-electron chi connectivity index (χ0n) is 24.3. The second kappa shape index (κ2) is 7.94. The number of allylic oxidation sites excluding steroid dienone is 2. The summed E-state index contributed by atoms with van der Waals surface area (Å²) in [4.78, 5) is 39.1. The standard InChI is InChI=1S/C32H48O5/c1-19(33)37-24-10-11-29(5)23(32(24,8)26(35)36)9-12-31(7)25(29)22(34)17-20-21-18-27(2,3)13-14-28(21,4)15-16-30(20,31)6/h17,21,23-25H,9-16,18H2,1-8H3,(H,35,36)/t21?,23?,24-,25?,28-,29+,30-,31-,32-/m1/s1. The van der Waals surface area contributed by atoms with Gasteiger partial charge >= 0.3 is 11.9 Å². The van der Waals surface area contributed by atoms with Crippen molar-refractivity contribution in [2.75, 3.05) is 0 Å². The number of hydrogen-bond acceptors (Lipinski definition) is 4. The molecule has 0 bridgehead atoms. The van der Waals surface area contributed by atoms with Crippen LogP contribution in [0.5, 0.6) is 0 Å². The van der Waals surface area contributed by atoms with E-state index in [2.05, 4.69) is 47.6 Å². The van der Waals surface area contributed by atoms with Gasteiger partial charge in [-0.1, -0.05) is 47.1 Å². The van der Waals surface area contributed by atoms with Gasteiger partial charge in [0.1, 0.15) is 11.5 Å². The van der Waals surface area contributed by atoms with Gasteiger partial charge in [-0.25, -0.2) is 0 Å². The van der Waals surface area contributed by atoms with Crippen LogP contribution in [0, 0.1) is 50.2 Å². The van der Waals surface area contributed by atoms with E-state index >= 15 is 0 Å². The van der Waals surface area contributed by atoms with Crippen molar-refractivity contribution in [1.82, 2.24) is 0 Å². The Morgan fingerprint density at radius 1 is 0.919 bits per heavy atom. The van der Waals surface area contributed by atoms with Gasteiger partial charge in [0.25, 0.3) is 0 Å². The molecular formula is C32H48O5. The van der Waals surface area contributed by atoms with Crippen LogP contribution < -0.4 is 0 Å². The molecule has 3 unspecified atom stereocenters. The molecule has 5 rings (SSSR count). The number of carboxylic acids is 1. The molecule has 0 aliphatic heterocycles. The number of carboxylic acid groups (broad SMARTS) is 1. The molecule has 0 heterocycles. The van der Waals surface area contributed by atoms with Gasteiger partial charge in [-0.05, 0) is 110 Å². The van der Waals surface area contributed by atoms with Crippen molar-refractivity contribution in [1.29, 1.82) is 0 Å². The normalized spacial score (nSPS) is 50.5. The Morgan fingerprint density at radius 3 is 2.19 bits per heavy atom. The minimum Gasteiger partial charge on any atom is -0.481 e. The van der Waals surface area contributed by atoms with Gasteiger partial charge in [-0.3, -0.25) is 14.4 Å². The fourth-order valence-electron chi connectivity index (χ4n) is 10.7. The van der Waals surface area contributed by atoms with Gasteiger partial charge < -0.3 is 9.84 Å². The topological polar surface area (TPSA) is 80.7 Å². The first-order chi connectivity index (χ1) is 16.9. The van der Waals surface area contributed by atoms with E-state index in [1.54, 1.807) is 6.92 Å². The van der Waals surface area contributed by atoms with E-state index in [1.807, 2.05) is 0 Å². The second-order valence-electron chi connectivity index (χ2n) is 15.6. The van der Waals surface area contributed by atoms with Crippen molar-refractivity contribution >= 4 is 17.7 Å². The van der Waals surface area contributed by atoms with Gasteiger partial charge in [-0.2, -0.15) is 0 Å². The summed E-state index contributed by atoms with van der Waals surface area (Å²) in [6.07, 6.45) is 10.1. The zero-order chi connectivity index (χ0) is 27.4. The molecule has 0 amide bonds. The number of rotatable bonds is 2. The van der Waals surface area contributed by atoms with Crippen LogP contribution in [0.4, 0.5) is 0 Å². The molecule has 1 N–H and O–H groups in total. The lowest BCUT2D eigenvalue weighted by Gasteiger charge is -2.70. The molecule has 0 saturated heterocycles. The van der Waals surface area contributed by atoms with Crippen LogP contribution in [0.3, 0.4) is 0 Å². The average Bonchev–Trinajstić information content (AvgIpc) is 2.78. The van der Waals surface area contributed by atoms with Crippen LogP contribution in [0.25, 0.3) is 0 Å². The van der Waals surface area contributed by atoms with E-state index in [1.165, 1.54) is 31.8 Å². The fourth-order valence-corrected chi connectivity index (χ4v) is 10.7. The molecule has 0 spiro atoms. The summed E-state index contributed by atoms with van der Waals surface area (Å²) in [7, 11) is 0. The lowest BCUT2D eigenvalue weighted by atomic mass is 9.33. The van der Waals surface area contributed by atoms with E-state index in [4.69, 9.17) is 4.74 Å². The maximum absolute atomic E-state index is 14.4. The first kappa shape index (κ1) is 26.9. The highest BCUT2D eigenvalue weighted by Crippen LogP contribution is 2.75. The van der Waals surface area contributed by atoms with Crippen molar-refractivity contribution in [3.8, 4) is 0 Å². The molecule has 4 fully saturated rings. The zero-order valence-corrected chi connectivity index (χ0v) is 24.3. The van der Waals surface area contributed by atoms with E-state index in [9.17, 15) is 19.5 Å². The molecule has 5 aliphatic carbocycles. The summed E-state index contributed by atoms with van der Waals surface area (Å²) in [5.74, 6) is -1.14. The Bertz CT molecular complexity index is 1070. The number of ketones is 1. The van der Waals surface area contributed by atoms with Crippen molar-refractivity contribution in [2.24, 2.45) is 50.2 Å². The van der Waals surface area contributed by atoms with Crippen molar-refractivity contribution in [3.05, 3.63) is 11.6 Å². The molecule has 4 saturated carbocycles. The van der Waals surface area contributed by atoms with E-state index in [0.717, 1.165) is 25.7 Å². The third-order valence-electron chi connectivity index (χ3n) is 13.2. The average molecular weight is 513 g/mol. The smallest absolute Gasteiger partial charge is 0.313 e. The fraction of sp³-hybridized carbons (Fsp3) is 0.844. The Labute approximate surface area is 223 Å². The number of carbonyl (C=O) groups excluding carboxylic acids is 2. The summed E-state index contributed by atoms with van der Waals surface area (Å²) in [6, 6.07) is 0. The lowest BCUT2D eigenvalue weighted by Crippen LogP contribution is -2.68. The maximum Gasteiger partial charge on any atom is 0.313 e. The Hall–Kier alpha value is -1.65. The van der Waals surface area contributed by atoms with Crippen LogP contribution in [0.1, 0.15) is 113 Å². The summed E-state index contributed by atoms with van der Waals surface area (Å²) in [6.45, 7) is 17.3. The monoisotopic (exact) mass is 512 g/mol. The van der Waals surface area contributed by atoms with Crippen LogP contribution >= 0.6 is 0 Å². The van der Waals surface area contributed by atoms with Crippen molar-refractivity contribution in [2.45, 2.75) is 119 Å². The molecule has 0 aromatic heterocycles. The maximum atomic E-state index is 14.4. The van der Waals surface area contributed by atoms with Crippen LogP contribution in [0.2, 0.25) is 0 Å². The molecule has 5 nitrogen and oxygen atoms in total. The molecule has 0 radical (unpaired) electrons. The molecule has 5 aliphatic rings. The first-order valence-corrected chi connectivity index (χ1v) is 14.6. The Morgan fingerprint density at radius 2 is 1.57 bits per heavy atom. The Kier molecular flexibility index (Phi) is 5.78. The molecule has 206 valence electrons. The van der Waals surface area contributed by atoms with Gasteiger partial charge in [0, 0.05) is 12.8 Å². The number of aliphatic carboxylic acids is 1. The number of carbonyl (C=O) groups is 3. The third kappa shape index (κ3) is 3.43. The number of hydrogen-bond donors (Lipinski definition) is 1. The molecule has 0 aromatic rings. The van der Waals surface area contributed by atoms with Crippen LogP contribution in [0.15, 0.2) is 11.6 Å². The molecule has 37 heavy (non-hydrogen) atoms. The Balaban J connectivity index is 1.61. The van der Waals surface area contributed by atoms with Gasteiger partial charge in [0.05, 0.1) is 0 Å². The number of esters is 1. The summed E-state index contributed by atoms with van der Waals surface area (Å²) in [5.41, 5.74) is 0.00500. The van der Waals surface area contributed by atoms with E-state index in [0.29, 0.717) is 18.8 Å². The predicted molar refractivity (Wildman–Crippen MR) is 143 cm³/mol. The lowest BCUT2D eigenvalue weighted by molar-refractivity contribution is -0.220. The van der Waals surface area contributed by atoms with Crippen molar-refractivity contribution in [3.63, 3.8) is 0 Å². The number of ether oxygens (including phenoxy) is 1. The SMILES string of the molecule is CC(=O)O[C@@H]1CC[C@@]2(C)C(CC[C@]3(C)C2C(=O)C=C2C4CC(C)(C)CC[C@]4(C)CC[C@]23C)[C@@]1(C)C(=O)O. The van der Waals surface area contributed by atoms with Crippen LogP contribution in [-0.4, -0.2) is 28.9 Å². The predicted octanol–water partition coefficient (Wildman–Crippen LogP) is 6.98. The molecular weight excluding hydrogens is 464 g/mol. The minimum absolute atomic E-state index is 0.0660.